The van der Waals surface area contributed by atoms with E-state index >= 15 is 0 Å². The van der Waals surface area contributed by atoms with Crippen molar-refractivity contribution in [2.24, 2.45) is 0 Å². The minimum atomic E-state index is -0.0356. The summed E-state index contributed by atoms with van der Waals surface area (Å²) < 4.78 is 0.849. The van der Waals surface area contributed by atoms with Crippen molar-refractivity contribution in [2.75, 3.05) is 13.2 Å². The minimum Gasteiger partial charge on any atom is -0.271 e. The highest BCUT2D eigenvalue weighted by molar-refractivity contribution is 9.10. The number of carbonyl (C=O) groups is 1. The number of amides is 1. The summed E-state index contributed by atoms with van der Waals surface area (Å²) in [4.78, 5) is 17.9. The van der Waals surface area contributed by atoms with Crippen LogP contribution in [0.15, 0.2) is 15.9 Å². The second-order valence-corrected chi connectivity index (χ2v) is 4.82. The number of hydrogen-bond donors (Lipinski definition) is 0. The molecule has 1 aromatic heterocycles. The van der Waals surface area contributed by atoms with E-state index in [-0.39, 0.29) is 5.91 Å². The van der Waals surface area contributed by atoms with Crippen molar-refractivity contribution >= 4 is 33.2 Å². The van der Waals surface area contributed by atoms with E-state index in [1.807, 2.05) is 11.4 Å². The van der Waals surface area contributed by atoms with Gasteiger partial charge in [0, 0.05) is 11.0 Å². The maximum absolute atomic E-state index is 11.9. The summed E-state index contributed by atoms with van der Waals surface area (Å²) in [7, 11) is 0. The summed E-state index contributed by atoms with van der Waals surface area (Å²) in [5.74, 6) is -0.0356. The monoisotopic (exact) mass is 275 g/mol. The fraction of sp³-hybridized carbons (Fsp3) is 0.444. The highest BCUT2D eigenvalue weighted by Gasteiger charge is 2.22. The van der Waals surface area contributed by atoms with Gasteiger partial charge in [-0.3, -0.25) is 9.63 Å². The molecule has 1 aromatic rings. The number of rotatable bonds is 1. The van der Waals surface area contributed by atoms with Gasteiger partial charge in [-0.15, -0.1) is 11.3 Å². The van der Waals surface area contributed by atoms with Gasteiger partial charge in [0.15, 0.2) is 0 Å². The highest BCUT2D eigenvalue weighted by Crippen LogP contribution is 2.25. The van der Waals surface area contributed by atoms with E-state index in [2.05, 4.69) is 15.9 Å². The van der Waals surface area contributed by atoms with Gasteiger partial charge in [-0.05, 0) is 40.2 Å². The summed E-state index contributed by atoms with van der Waals surface area (Å²) in [6.07, 6.45) is 2.06. The molecular formula is C9H10BrNO2S. The van der Waals surface area contributed by atoms with Crippen molar-refractivity contribution in [3.05, 3.63) is 20.8 Å². The Kier molecular flexibility index (Phi) is 3.20. The van der Waals surface area contributed by atoms with Crippen LogP contribution in [0.25, 0.3) is 0 Å². The fourth-order valence-corrected chi connectivity index (χ4v) is 2.80. The maximum Gasteiger partial charge on any atom is 0.288 e. The van der Waals surface area contributed by atoms with Crippen LogP contribution in [0.3, 0.4) is 0 Å². The van der Waals surface area contributed by atoms with Crippen molar-refractivity contribution in [1.29, 1.82) is 0 Å². The third-order valence-electron chi connectivity index (χ3n) is 2.04. The summed E-state index contributed by atoms with van der Waals surface area (Å²) in [5.41, 5.74) is 0. The van der Waals surface area contributed by atoms with E-state index < -0.39 is 0 Å². The second kappa shape index (κ2) is 4.42. The molecule has 1 fully saturated rings. The molecule has 5 heteroatoms. The van der Waals surface area contributed by atoms with Crippen LogP contribution in [0.2, 0.25) is 0 Å². The molecular weight excluding hydrogens is 266 g/mol. The number of halogens is 1. The lowest BCUT2D eigenvalue weighted by molar-refractivity contribution is -0.144. The van der Waals surface area contributed by atoms with Gasteiger partial charge in [-0.2, -0.15) is 0 Å². The Morgan fingerprint density at radius 1 is 1.57 bits per heavy atom. The molecule has 1 saturated heterocycles. The van der Waals surface area contributed by atoms with Gasteiger partial charge in [-0.1, -0.05) is 0 Å². The van der Waals surface area contributed by atoms with Crippen LogP contribution >= 0.6 is 27.3 Å². The zero-order valence-corrected chi connectivity index (χ0v) is 9.94. The Bertz CT molecular complexity index is 333. The van der Waals surface area contributed by atoms with Crippen molar-refractivity contribution in [2.45, 2.75) is 12.8 Å². The van der Waals surface area contributed by atoms with Gasteiger partial charge in [0.2, 0.25) is 0 Å². The van der Waals surface area contributed by atoms with Crippen LogP contribution in [-0.2, 0) is 4.84 Å². The average molecular weight is 276 g/mol. The molecule has 0 bridgehead atoms. The molecule has 2 rings (SSSR count). The van der Waals surface area contributed by atoms with Crippen LogP contribution in [0.1, 0.15) is 22.5 Å². The van der Waals surface area contributed by atoms with E-state index in [0.29, 0.717) is 18.0 Å². The minimum absolute atomic E-state index is 0.0356. The van der Waals surface area contributed by atoms with Crippen molar-refractivity contribution in [3.63, 3.8) is 0 Å². The summed E-state index contributed by atoms with van der Waals surface area (Å²) in [6, 6.07) is 1.88. The average Bonchev–Trinajstić information content (AvgIpc) is 2.65. The fourth-order valence-electron chi connectivity index (χ4n) is 1.32. The Hall–Kier alpha value is -0.390. The predicted molar refractivity (Wildman–Crippen MR) is 58.2 cm³/mol. The smallest absolute Gasteiger partial charge is 0.271 e. The van der Waals surface area contributed by atoms with Crippen LogP contribution in [0.5, 0.6) is 0 Å². The zero-order valence-electron chi connectivity index (χ0n) is 7.53. The zero-order chi connectivity index (χ0) is 9.97. The molecule has 0 radical (unpaired) electrons. The van der Waals surface area contributed by atoms with E-state index in [0.717, 1.165) is 17.3 Å². The third kappa shape index (κ3) is 1.99. The molecule has 0 aliphatic carbocycles. The summed E-state index contributed by atoms with van der Waals surface area (Å²) in [6.45, 7) is 1.35. The first-order chi connectivity index (χ1) is 6.79. The lowest BCUT2D eigenvalue weighted by atomic mass is 10.3. The molecule has 2 heterocycles. The normalized spacial score (nSPS) is 17.1. The Balaban J connectivity index is 2.11. The quantitative estimate of drug-likeness (QED) is 0.789. The molecule has 0 atom stereocenters. The summed E-state index contributed by atoms with van der Waals surface area (Å²) in [5, 5.41) is 3.35. The lowest BCUT2D eigenvalue weighted by Crippen LogP contribution is -2.35. The topological polar surface area (TPSA) is 29.5 Å². The molecule has 0 N–H and O–H groups in total. The number of nitrogens with zero attached hydrogens (tertiary/aromatic N) is 1. The van der Waals surface area contributed by atoms with Crippen LogP contribution in [-0.4, -0.2) is 24.1 Å². The first-order valence-electron chi connectivity index (χ1n) is 4.47. The maximum atomic E-state index is 11.9. The molecule has 1 aliphatic rings. The molecule has 76 valence electrons. The Morgan fingerprint density at radius 2 is 2.43 bits per heavy atom. The van der Waals surface area contributed by atoms with Crippen molar-refractivity contribution in [3.8, 4) is 0 Å². The van der Waals surface area contributed by atoms with E-state index in [1.165, 1.54) is 16.4 Å². The summed E-state index contributed by atoms with van der Waals surface area (Å²) >= 11 is 4.77. The van der Waals surface area contributed by atoms with E-state index in [4.69, 9.17) is 4.84 Å². The molecule has 0 unspecified atom stereocenters. The van der Waals surface area contributed by atoms with Crippen LogP contribution in [0.4, 0.5) is 0 Å². The molecule has 1 amide bonds. The number of hydrogen-bond acceptors (Lipinski definition) is 3. The van der Waals surface area contributed by atoms with Gasteiger partial charge in [0.25, 0.3) is 5.91 Å². The second-order valence-electron chi connectivity index (χ2n) is 3.05. The predicted octanol–water partition coefficient (Wildman–Crippen LogP) is 2.68. The van der Waals surface area contributed by atoms with Crippen molar-refractivity contribution < 1.29 is 9.63 Å². The third-order valence-corrected chi connectivity index (χ3v) is 3.87. The molecule has 0 spiro atoms. The van der Waals surface area contributed by atoms with Gasteiger partial charge in [0.1, 0.15) is 4.88 Å². The first kappa shape index (κ1) is 10.1. The van der Waals surface area contributed by atoms with E-state index in [9.17, 15) is 4.79 Å². The van der Waals surface area contributed by atoms with Crippen molar-refractivity contribution in [1.82, 2.24) is 5.06 Å². The van der Waals surface area contributed by atoms with Gasteiger partial charge < -0.3 is 0 Å². The molecule has 3 nitrogen and oxygen atoms in total. The van der Waals surface area contributed by atoms with Crippen LogP contribution < -0.4 is 0 Å². The first-order valence-corrected chi connectivity index (χ1v) is 6.14. The Labute approximate surface area is 94.7 Å². The van der Waals surface area contributed by atoms with Gasteiger partial charge >= 0.3 is 0 Å². The SMILES string of the molecule is O=C(c1sccc1Br)N1CCCCO1. The number of hydroxylamine groups is 2. The van der Waals surface area contributed by atoms with Gasteiger partial charge in [0.05, 0.1) is 6.61 Å². The molecule has 0 aromatic carbocycles. The van der Waals surface area contributed by atoms with E-state index in [1.54, 1.807) is 0 Å². The van der Waals surface area contributed by atoms with Gasteiger partial charge in [-0.25, -0.2) is 5.06 Å². The Morgan fingerprint density at radius 3 is 3.00 bits per heavy atom. The highest BCUT2D eigenvalue weighted by atomic mass is 79.9. The van der Waals surface area contributed by atoms with Crippen LogP contribution in [0, 0.1) is 0 Å². The standard InChI is InChI=1S/C9H10BrNO2S/c10-7-3-6-14-8(7)9(12)11-4-1-2-5-13-11/h3,6H,1-2,4-5H2. The largest absolute Gasteiger partial charge is 0.288 e. The number of thiophene rings is 1. The molecule has 0 saturated carbocycles. The molecule has 1 aliphatic heterocycles. The number of carbonyl (C=O) groups excluding carboxylic acids is 1. The molecule has 14 heavy (non-hydrogen) atoms. The lowest BCUT2D eigenvalue weighted by Gasteiger charge is -2.25.